The average molecular weight is 540 g/mol. The Bertz CT molecular complexity index is 962. The topological polar surface area (TPSA) is 79.9 Å². The molecule has 2 N–H and O–H groups in total. The molecule has 3 aromatic rings. The van der Waals surface area contributed by atoms with Gasteiger partial charge in [0, 0.05) is 50.0 Å². The molecule has 0 amide bonds. The van der Waals surface area contributed by atoms with Gasteiger partial charge in [0.2, 0.25) is 5.88 Å². The zero-order valence-electron chi connectivity index (χ0n) is 16.1. The molecule has 1 aliphatic heterocycles. The average Bonchev–Trinajstić information content (AvgIpc) is 3.29. The van der Waals surface area contributed by atoms with Crippen molar-refractivity contribution in [1.29, 1.82) is 0 Å². The van der Waals surface area contributed by atoms with Gasteiger partial charge in [-0.1, -0.05) is 0 Å². The highest BCUT2D eigenvalue weighted by Gasteiger charge is 2.19. The zero-order valence-corrected chi connectivity index (χ0v) is 19.3. The Kier molecular flexibility index (Phi) is 7.80. The standard InChI is InChI=1S/C20H21FN6OS.HI/c21-16-1-3-17(4-2-16)28-18-13-15(5-6-23-18)14-25-19(22)26-8-10-27(11-9-26)20-24-7-12-29-20;/h1-7,12-13H,8-11,14H2,(H2,22,25);1H. The molecule has 1 aliphatic rings. The minimum Gasteiger partial charge on any atom is -0.439 e. The number of anilines is 1. The summed E-state index contributed by atoms with van der Waals surface area (Å²) in [6.45, 7) is 3.79. The van der Waals surface area contributed by atoms with Crippen LogP contribution in [-0.2, 0) is 6.54 Å². The number of hydrogen-bond acceptors (Lipinski definition) is 6. The molecule has 0 atom stereocenters. The van der Waals surface area contributed by atoms with Crippen LogP contribution in [-0.4, -0.2) is 47.0 Å². The molecule has 7 nitrogen and oxygen atoms in total. The molecule has 0 unspecified atom stereocenters. The van der Waals surface area contributed by atoms with E-state index in [0.717, 1.165) is 36.9 Å². The maximum absolute atomic E-state index is 13.0. The van der Waals surface area contributed by atoms with E-state index in [-0.39, 0.29) is 29.8 Å². The van der Waals surface area contributed by atoms with Crippen molar-refractivity contribution in [2.75, 3.05) is 31.1 Å². The SMILES string of the molecule is I.NC(=NCc1ccnc(Oc2ccc(F)cc2)c1)N1CCN(c2nccs2)CC1. The van der Waals surface area contributed by atoms with E-state index in [1.165, 1.54) is 12.1 Å². The zero-order chi connectivity index (χ0) is 20.1. The van der Waals surface area contributed by atoms with Crippen LogP contribution >= 0.6 is 35.3 Å². The van der Waals surface area contributed by atoms with Crippen molar-refractivity contribution in [3.05, 3.63) is 65.6 Å². The molecule has 1 fully saturated rings. The van der Waals surface area contributed by atoms with E-state index in [4.69, 9.17) is 10.5 Å². The van der Waals surface area contributed by atoms with Gasteiger partial charge >= 0.3 is 0 Å². The first-order valence-corrected chi connectivity index (χ1v) is 10.1. The van der Waals surface area contributed by atoms with Crippen molar-refractivity contribution in [1.82, 2.24) is 14.9 Å². The predicted molar refractivity (Wildman–Crippen MR) is 127 cm³/mol. The molecule has 1 saturated heterocycles. The minimum absolute atomic E-state index is 0. The van der Waals surface area contributed by atoms with Crippen molar-refractivity contribution in [2.24, 2.45) is 10.7 Å². The van der Waals surface area contributed by atoms with Gasteiger partial charge in [0.25, 0.3) is 0 Å². The normalized spacial score (nSPS) is 14.4. The minimum atomic E-state index is -0.309. The number of nitrogens with zero attached hydrogens (tertiary/aromatic N) is 5. The molecular formula is C20H22FIN6OS. The quantitative estimate of drug-likeness (QED) is 0.302. The summed E-state index contributed by atoms with van der Waals surface area (Å²) in [4.78, 5) is 17.4. The number of guanidine groups is 1. The number of aliphatic imine (C=N–C) groups is 1. The van der Waals surface area contributed by atoms with E-state index in [1.807, 2.05) is 17.6 Å². The third kappa shape index (κ3) is 5.79. The molecule has 0 saturated carbocycles. The summed E-state index contributed by atoms with van der Waals surface area (Å²) >= 11 is 1.65. The number of hydrogen-bond donors (Lipinski definition) is 1. The van der Waals surface area contributed by atoms with Gasteiger partial charge in [-0.05, 0) is 35.9 Å². The summed E-state index contributed by atoms with van der Waals surface area (Å²) in [6, 6.07) is 9.49. The van der Waals surface area contributed by atoms with Crippen LogP contribution < -0.4 is 15.4 Å². The third-order valence-corrected chi connectivity index (χ3v) is 5.38. The van der Waals surface area contributed by atoms with Crippen LogP contribution in [0.5, 0.6) is 11.6 Å². The third-order valence-electron chi connectivity index (χ3n) is 4.55. The second-order valence-corrected chi connectivity index (χ2v) is 7.39. The first-order chi connectivity index (χ1) is 14.2. The second-order valence-electron chi connectivity index (χ2n) is 6.52. The summed E-state index contributed by atoms with van der Waals surface area (Å²) < 4.78 is 18.7. The smallest absolute Gasteiger partial charge is 0.219 e. The summed E-state index contributed by atoms with van der Waals surface area (Å²) in [6.07, 6.45) is 3.48. The van der Waals surface area contributed by atoms with Crippen molar-refractivity contribution in [2.45, 2.75) is 6.54 Å². The number of nitrogens with two attached hydrogens (primary N) is 1. The molecule has 0 spiro atoms. The number of rotatable bonds is 5. The van der Waals surface area contributed by atoms with Gasteiger partial charge in [-0.2, -0.15) is 0 Å². The fourth-order valence-electron chi connectivity index (χ4n) is 3.00. The fourth-order valence-corrected chi connectivity index (χ4v) is 3.70. The lowest BCUT2D eigenvalue weighted by molar-refractivity contribution is 0.380. The molecule has 30 heavy (non-hydrogen) atoms. The Morgan fingerprint density at radius 3 is 2.57 bits per heavy atom. The molecular weight excluding hydrogens is 518 g/mol. The number of piperazine rings is 1. The number of pyridine rings is 1. The van der Waals surface area contributed by atoms with Crippen molar-refractivity contribution < 1.29 is 9.13 Å². The summed E-state index contributed by atoms with van der Waals surface area (Å²) in [5.41, 5.74) is 7.13. The maximum atomic E-state index is 13.0. The van der Waals surface area contributed by atoms with Gasteiger partial charge in [-0.25, -0.2) is 19.4 Å². The Morgan fingerprint density at radius 1 is 1.10 bits per heavy atom. The number of ether oxygens (including phenoxy) is 1. The van der Waals surface area contributed by atoms with E-state index in [1.54, 1.807) is 35.7 Å². The molecule has 3 heterocycles. The fraction of sp³-hybridized carbons (Fsp3) is 0.250. The first-order valence-electron chi connectivity index (χ1n) is 9.25. The summed E-state index contributed by atoms with van der Waals surface area (Å²) in [5.74, 6) is 1.18. The number of aromatic nitrogens is 2. The lowest BCUT2D eigenvalue weighted by atomic mass is 10.2. The Labute approximate surface area is 195 Å². The van der Waals surface area contributed by atoms with E-state index in [2.05, 4.69) is 24.8 Å². The van der Waals surface area contributed by atoms with Crippen LogP contribution in [0.3, 0.4) is 0 Å². The number of halogens is 2. The van der Waals surface area contributed by atoms with Gasteiger partial charge in [-0.3, -0.25) is 0 Å². The number of benzene rings is 1. The Hall–Kier alpha value is -2.47. The molecule has 0 radical (unpaired) electrons. The number of thiazole rings is 1. The second kappa shape index (κ2) is 10.5. The Balaban J connectivity index is 0.00000256. The highest BCUT2D eigenvalue weighted by molar-refractivity contribution is 14.0. The van der Waals surface area contributed by atoms with Gasteiger partial charge < -0.3 is 20.3 Å². The largest absolute Gasteiger partial charge is 0.439 e. The molecule has 158 valence electrons. The van der Waals surface area contributed by atoms with Gasteiger partial charge in [0.1, 0.15) is 11.6 Å². The van der Waals surface area contributed by atoms with Gasteiger partial charge in [0.15, 0.2) is 11.1 Å². The highest BCUT2D eigenvalue weighted by atomic mass is 127. The predicted octanol–water partition coefficient (Wildman–Crippen LogP) is 3.72. The van der Waals surface area contributed by atoms with Crippen LogP contribution in [0.15, 0.2) is 59.2 Å². The van der Waals surface area contributed by atoms with Crippen molar-refractivity contribution in [3.8, 4) is 11.6 Å². The molecule has 4 rings (SSSR count). The molecule has 0 bridgehead atoms. The van der Waals surface area contributed by atoms with Crippen molar-refractivity contribution >= 4 is 46.4 Å². The summed E-state index contributed by atoms with van der Waals surface area (Å²) in [7, 11) is 0. The van der Waals surface area contributed by atoms with Crippen LogP contribution in [0.25, 0.3) is 0 Å². The lowest BCUT2D eigenvalue weighted by Crippen LogP contribution is -2.51. The molecule has 1 aromatic carbocycles. The first kappa shape index (κ1) is 22.2. The van der Waals surface area contributed by atoms with Gasteiger partial charge in [-0.15, -0.1) is 35.3 Å². The Morgan fingerprint density at radius 2 is 1.87 bits per heavy atom. The lowest BCUT2D eigenvalue weighted by Gasteiger charge is -2.35. The van der Waals surface area contributed by atoms with Crippen LogP contribution in [0.2, 0.25) is 0 Å². The van der Waals surface area contributed by atoms with E-state index in [0.29, 0.717) is 24.1 Å². The van der Waals surface area contributed by atoms with Crippen LogP contribution in [0.1, 0.15) is 5.56 Å². The van der Waals surface area contributed by atoms with E-state index >= 15 is 0 Å². The molecule has 2 aromatic heterocycles. The van der Waals surface area contributed by atoms with Gasteiger partial charge in [0.05, 0.1) is 6.54 Å². The van der Waals surface area contributed by atoms with Crippen LogP contribution in [0, 0.1) is 5.82 Å². The summed E-state index contributed by atoms with van der Waals surface area (Å²) in [5, 5.41) is 3.03. The van der Waals surface area contributed by atoms with E-state index < -0.39 is 0 Å². The maximum Gasteiger partial charge on any atom is 0.219 e. The monoisotopic (exact) mass is 540 g/mol. The molecule has 0 aliphatic carbocycles. The molecule has 10 heteroatoms. The van der Waals surface area contributed by atoms with E-state index in [9.17, 15) is 4.39 Å². The highest BCUT2D eigenvalue weighted by Crippen LogP contribution is 2.21. The van der Waals surface area contributed by atoms with Crippen LogP contribution in [0.4, 0.5) is 9.52 Å². The van der Waals surface area contributed by atoms with Crippen molar-refractivity contribution in [3.63, 3.8) is 0 Å².